The van der Waals surface area contributed by atoms with Crippen LogP contribution in [-0.2, 0) is 19.4 Å². The van der Waals surface area contributed by atoms with Gasteiger partial charge in [-0.15, -0.1) is 0 Å². The molecule has 3 fully saturated rings. The number of rotatable bonds is 9. The van der Waals surface area contributed by atoms with E-state index in [-0.39, 0.29) is 18.4 Å². The first kappa shape index (κ1) is 31.4. The smallest absolute Gasteiger partial charge is 0.407 e. The number of hydrogen-bond acceptors (Lipinski definition) is 8. The Labute approximate surface area is 287 Å². The molecular formula is C39H43N7O3. The van der Waals surface area contributed by atoms with E-state index in [0.29, 0.717) is 44.7 Å². The Hall–Kier alpha value is -4.88. The summed E-state index contributed by atoms with van der Waals surface area (Å²) in [6.45, 7) is 4.16. The van der Waals surface area contributed by atoms with Gasteiger partial charge in [0.1, 0.15) is 5.82 Å². The van der Waals surface area contributed by atoms with Crippen molar-refractivity contribution < 1.29 is 14.6 Å². The van der Waals surface area contributed by atoms with E-state index < -0.39 is 11.6 Å². The Balaban J connectivity index is 1.16. The molecule has 2 atom stereocenters. The first-order valence-electron chi connectivity index (χ1n) is 17.6. The molecule has 10 heteroatoms. The van der Waals surface area contributed by atoms with Gasteiger partial charge in [0.05, 0.1) is 36.9 Å². The molecule has 1 saturated carbocycles. The van der Waals surface area contributed by atoms with E-state index in [4.69, 9.17) is 14.7 Å². The zero-order chi connectivity index (χ0) is 33.4. The molecule has 2 saturated heterocycles. The Bertz CT molecular complexity index is 1880. The molecule has 0 bridgehead atoms. The average molecular weight is 658 g/mol. The summed E-state index contributed by atoms with van der Waals surface area (Å²) < 4.78 is 6.54. The second-order valence-corrected chi connectivity index (χ2v) is 14.3. The monoisotopic (exact) mass is 657 g/mol. The molecule has 10 nitrogen and oxygen atoms in total. The van der Waals surface area contributed by atoms with Gasteiger partial charge >= 0.3 is 12.1 Å². The lowest BCUT2D eigenvalue weighted by Crippen LogP contribution is -2.65. The molecule has 1 amide bonds. The largest absolute Gasteiger partial charge is 0.465 e. The molecule has 3 aromatic carbocycles. The lowest BCUT2D eigenvalue weighted by Gasteiger charge is -2.49. The van der Waals surface area contributed by atoms with Crippen LogP contribution < -0.4 is 19.9 Å². The van der Waals surface area contributed by atoms with E-state index in [1.54, 1.807) is 0 Å². The van der Waals surface area contributed by atoms with Gasteiger partial charge in [0.2, 0.25) is 0 Å². The highest BCUT2D eigenvalue weighted by atomic mass is 16.5. The van der Waals surface area contributed by atoms with Crippen molar-refractivity contribution in [3.63, 3.8) is 0 Å². The molecule has 8 rings (SSSR count). The minimum Gasteiger partial charge on any atom is -0.465 e. The molecule has 49 heavy (non-hydrogen) atoms. The number of fused-ring (bicyclic) bond motifs is 2. The van der Waals surface area contributed by atoms with E-state index in [9.17, 15) is 15.2 Å². The summed E-state index contributed by atoms with van der Waals surface area (Å²) in [5.74, 6) is 0.807. The van der Waals surface area contributed by atoms with Crippen molar-refractivity contribution in [2.24, 2.45) is 5.41 Å². The van der Waals surface area contributed by atoms with E-state index in [2.05, 4.69) is 63.7 Å². The number of nitrogens with one attached hydrogen (secondary N) is 1. The molecule has 252 valence electrons. The Morgan fingerprint density at radius 2 is 1.82 bits per heavy atom. The minimum atomic E-state index is -0.999. The van der Waals surface area contributed by atoms with Gasteiger partial charge < -0.3 is 25.0 Å². The molecule has 2 N–H and O–H groups in total. The zero-order valence-electron chi connectivity index (χ0n) is 27.9. The van der Waals surface area contributed by atoms with Crippen molar-refractivity contribution in [3.05, 3.63) is 89.6 Å². The third kappa shape index (κ3) is 6.01. The first-order chi connectivity index (χ1) is 24.0. The van der Waals surface area contributed by atoms with E-state index in [1.807, 2.05) is 30.3 Å². The van der Waals surface area contributed by atoms with E-state index >= 15 is 0 Å². The van der Waals surface area contributed by atoms with Gasteiger partial charge in [-0.1, -0.05) is 66.7 Å². The van der Waals surface area contributed by atoms with Crippen LogP contribution in [0.3, 0.4) is 0 Å². The fourth-order valence-corrected chi connectivity index (χ4v) is 8.52. The van der Waals surface area contributed by atoms with Crippen molar-refractivity contribution in [2.45, 2.75) is 63.1 Å². The SMILES string of the molecule is N#CC[C@@]1(Cc2ccccc2)CN(c2nc(OCC3([C@@H]4CCCN4)CC3)nc3c2CCN(c2cccc4ccccc24)C3)CCN1C(=O)O. The highest BCUT2D eigenvalue weighted by molar-refractivity contribution is 5.94. The first-order valence-corrected chi connectivity index (χ1v) is 17.6. The third-order valence-corrected chi connectivity index (χ3v) is 11.3. The number of carboxylic acid groups (broad SMARTS) is 1. The molecule has 4 aromatic rings. The highest BCUT2D eigenvalue weighted by Gasteiger charge is 2.51. The summed E-state index contributed by atoms with van der Waals surface area (Å²) >= 11 is 0. The fraction of sp³-hybridized carbons (Fsp3) is 0.436. The van der Waals surface area contributed by atoms with Gasteiger partial charge in [-0.3, -0.25) is 4.90 Å². The molecule has 0 unspecified atom stereocenters. The van der Waals surface area contributed by atoms with Crippen LogP contribution in [0, 0.1) is 16.7 Å². The Kier molecular flexibility index (Phi) is 8.24. The lowest BCUT2D eigenvalue weighted by atomic mass is 9.83. The standard InChI is InChI=1S/C39H43N7O3/c40-19-18-39(24-28-8-2-1-3-9-28)26-45(22-23-46(39)37(47)48)35-31-15-21-44(33-13-6-11-29-10-4-5-12-30(29)33)25-32(31)42-36(43-35)49-27-38(16-17-38)34-14-7-20-41-34/h1-6,8-13,34,41H,7,14-18,20-27H2,(H,47,48)/t34-,39+/m0/s1. The van der Waals surface area contributed by atoms with E-state index in [0.717, 1.165) is 55.0 Å². The number of amides is 1. The molecule has 0 spiro atoms. The molecule has 0 radical (unpaired) electrons. The van der Waals surface area contributed by atoms with Gasteiger partial charge in [-0.05, 0) is 62.1 Å². The average Bonchev–Trinajstić information content (AvgIpc) is 3.71. The number of hydrogen-bond donors (Lipinski definition) is 2. The van der Waals surface area contributed by atoms with Crippen LogP contribution in [-0.4, -0.2) is 77.0 Å². The van der Waals surface area contributed by atoms with Crippen molar-refractivity contribution in [3.8, 4) is 12.1 Å². The topological polar surface area (TPSA) is 118 Å². The van der Waals surface area contributed by atoms with Gasteiger partial charge in [0.15, 0.2) is 0 Å². The van der Waals surface area contributed by atoms with Crippen LogP contribution in [0.15, 0.2) is 72.8 Å². The van der Waals surface area contributed by atoms with Gasteiger partial charge in [0, 0.05) is 54.3 Å². The second kappa shape index (κ2) is 12.9. The number of aromatic nitrogens is 2. The maximum absolute atomic E-state index is 12.7. The maximum atomic E-state index is 12.7. The predicted octanol–water partition coefficient (Wildman–Crippen LogP) is 5.80. The van der Waals surface area contributed by atoms with Crippen LogP contribution in [0.4, 0.5) is 16.3 Å². The number of carbonyl (C=O) groups is 1. The third-order valence-electron chi connectivity index (χ3n) is 11.3. The normalized spacial score (nSPS) is 22.8. The molecule has 1 aliphatic carbocycles. The number of ether oxygens (including phenoxy) is 1. The summed E-state index contributed by atoms with van der Waals surface area (Å²) in [6.07, 6.45) is 4.92. The molecular weight excluding hydrogens is 614 g/mol. The van der Waals surface area contributed by atoms with Gasteiger partial charge in [0.25, 0.3) is 0 Å². The molecule has 3 aliphatic heterocycles. The van der Waals surface area contributed by atoms with Gasteiger partial charge in [-0.25, -0.2) is 4.79 Å². The molecule has 1 aromatic heterocycles. The summed E-state index contributed by atoms with van der Waals surface area (Å²) in [5.41, 5.74) is 3.40. The minimum absolute atomic E-state index is 0.0765. The van der Waals surface area contributed by atoms with Crippen LogP contribution in [0.25, 0.3) is 10.8 Å². The van der Waals surface area contributed by atoms with Crippen LogP contribution >= 0.6 is 0 Å². The van der Waals surface area contributed by atoms with Crippen LogP contribution in [0.5, 0.6) is 6.01 Å². The quantitative estimate of drug-likeness (QED) is 0.230. The fourth-order valence-electron chi connectivity index (χ4n) is 8.52. The number of piperazine rings is 1. The Morgan fingerprint density at radius 3 is 2.59 bits per heavy atom. The van der Waals surface area contributed by atoms with Crippen molar-refractivity contribution in [1.29, 1.82) is 5.26 Å². The number of benzene rings is 3. The van der Waals surface area contributed by atoms with Crippen LogP contribution in [0.1, 0.15) is 48.9 Å². The summed E-state index contributed by atoms with van der Waals surface area (Å²) in [7, 11) is 0. The lowest BCUT2D eigenvalue weighted by molar-refractivity contribution is 0.0668. The second-order valence-electron chi connectivity index (χ2n) is 14.3. The van der Waals surface area contributed by atoms with Crippen molar-refractivity contribution >= 4 is 28.4 Å². The Morgan fingerprint density at radius 1 is 1.00 bits per heavy atom. The van der Waals surface area contributed by atoms with E-state index in [1.165, 1.54) is 34.2 Å². The number of nitrogens with zero attached hydrogens (tertiary/aromatic N) is 6. The number of nitriles is 1. The molecule has 4 aliphatic rings. The van der Waals surface area contributed by atoms with Crippen LogP contribution in [0.2, 0.25) is 0 Å². The summed E-state index contributed by atoms with van der Waals surface area (Å²) in [6, 6.07) is 28.0. The summed E-state index contributed by atoms with van der Waals surface area (Å²) in [5, 5.41) is 26.5. The number of anilines is 2. The summed E-state index contributed by atoms with van der Waals surface area (Å²) in [4.78, 5) is 29.0. The van der Waals surface area contributed by atoms with Gasteiger partial charge in [-0.2, -0.15) is 15.2 Å². The predicted molar refractivity (Wildman–Crippen MR) is 189 cm³/mol. The van der Waals surface area contributed by atoms with Crippen molar-refractivity contribution in [1.82, 2.24) is 20.2 Å². The molecule has 4 heterocycles. The highest BCUT2D eigenvalue weighted by Crippen LogP contribution is 2.51. The maximum Gasteiger partial charge on any atom is 0.407 e. The zero-order valence-corrected chi connectivity index (χ0v) is 27.9. The van der Waals surface area contributed by atoms with Crippen molar-refractivity contribution in [2.75, 3.05) is 49.1 Å².